The van der Waals surface area contributed by atoms with E-state index in [2.05, 4.69) is 15.9 Å². The minimum Gasteiger partial charge on any atom is -0.449 e. The van der Waals surface area contributed by atoms with Gasteiger partial charge in [0.15, 0.2) is 0 Å². The van der Waals surface area contributed by atoms with Gasteiger partial charge in [0.05, 0.1) is 12.6 Å². The molecule has 0 spiro atoms. The van der Waals surface area contributed by atoms with Gasteiger partial charge < -0.3 is 4.74 Å². The van der Waals surface area contributed by atoms with Gasteiger partial charge in [-0.05, 0) is 39.5 Å². The highest BCUT2D eigenvalue weighted by molar-refractivity contribution is 9.15. The van der Waals surface area contributed by atoms with E-state index in [1.807, 2.05) is 73.7 Å². The summed E-state index contributed by atoms with van der Waals surface area (Å²) < 4.78 is 6.09. The molecule has 24 heavy (non-hydrogen) atoms. The van der Waals surface area contributed by atoms with Crippen molar-refractivity contribution in [3.05, 3.63) is 83.6 Å². The molecular formula is C20H18BrNO2. The summed E-state index contributed by atoms with van der Waals surface area (Å²) in [6, 6.07) is 17.9. The largest absolute Gasteiger partial charge is 0.449 e. The van der Waals surface area contributed by atoms with E-state index in [0.29, 0.717) is 6.61 Å². The van der Waals surface area contributed by atoms with Gasteiger partial charge in [0.25, 0.3) is 0 Å². The number of nitrogens with zero attached hydrogens (tertiary/aromatic N) is 1. The maximum atomic E-state index is 12.4. The minimum atomic E-state index is -0.355. The highest BCUT2D eigenvalue weighted by atomic mass is 79.9. The number of rotatable bonds is 3. The SMILES string of the molecule is CCOC(=O)N1C=C(Br)c2ccccc2C1/C=C/c1ccccc1. The molecule has 1 unspecified atom stereocenters. The van der Waals surface area contributed by atoms with E-state index in [4.69, 9.17) is 4.74 Å². The Morgan fingerprint density at radius 3 is 2.62 bits per heavy atom. The molecule has 3 rings (SSSR count). The van der Waals surface area contributed by atoms with Gasteiger partial charge in [-0.25, -0.2) is 4.79 Å². The molecule has 0 saturated heterocycles. The van der Waals surface area contributed by atoms with Crippen LogP contribution in [0.1, 0.15) is 29.7 Å². The van der Waals surface area contributed by atoms with E-state index in [1.165, 1.54) is 0 Å². The molecule has 0 fully saturated rings. The number of hydrogen-bond acceptors (Lipinski definition) is 2. The molecule has 1 heterocycles. The molecule has 2 aromatic rings. The summed E-state index contributed by atoms with van der Waals surface area (Å²) in [7, 11) is 0. The maximum Gasteiger partial charge on any atom is 0.414 e. The van der Waals surface area contributed by atoms with E-state index in [1.54, 1.807) is 11.1 Å². The minimum absolute atomic E-state index is 0.207. The molecule has 3 nitrogen and oxygen atoms in total. The van der Waals surface area contributed by atoms with Gasteiger partial charge in [0.1, 0.15) is 0 Å². The Morgan fingerprint density at radius 2 is 1.88 bits per heavy atom. The van der Waals surface area contributed by atoms with Crippen molar-refractivity contribution < 1.29 is 9.53 Å². The van der Waals surface area contributed by atoms with Crippen LogP contribution >= 0.6 is 15.9 Å². The lowest BCUT2D eigenvalue weighted by molar-refractivity contribution is 0.115. The fourth-order valence-electron chi connectivity index (χ4n) is 2.72. The molecule has 0 radical (unpaired) electrons. The Bertz CT molecular complexity index is 783. The molecule has 1 aliphatic rings. The molecule has 2 aromatic carbocycles. The molecule has 0 aromatic heterocycles. The summed E-state index contributed by atoms with van der Waals surface area (Å²) in [6.07, 6.45) is 5.49. The number of amides is 1. The van der Waals surface area contributed by atoms with Crippen molar-refractivity contribution in [2.24, 2.45) is 0 Å². The zero-order valence-corrected chi connectivity index (χ0v) is 14.9. The van der Waals surface area contributed by atoms with Crippen molar-refractivity contribution in [2.75, 3.05) is 6.61 Å². The number of benzene rings is 2. The summed E-state index contributed by atoms with van der Waals surface area (Å²) >= 11 is 3.56. The Balaban J connectivity index is 2.00. The zero-order chi connectivity index (χ0) is 16.9. The third-order valence-electron chi connectivity index (χ3n) is 3.84. The van der Waals surface area contributed by atoms with Gasteiger partial charge in [-0.15, -0.1) is 0 Å². The quantitative estimate of drug-likeness (QED) is 0.689. The van der Waals surface area contributed by atoms with E-state index in [-0.39, 0.29) is 12.1 Å². The van der Waals surface area contributed by atoms with Gasteiger partial charge in [-0.1, -0.05) is 66.7 Å². The second-order valence-electron chi connectivity index (χ2n) is 5.39. The molecule has 1 aliphatic heterocycles. The summed E-state index contributed by atoms with van der Waals surface area (Å²) in [4.78, 5) is 14.0. The Morgan fingerprint density at radius 1 is 1.17 bits per heavy atom. The van der Waals surface area contributed by atoms with Crippen LogP contribution in [0.25, 0.3) is 10.6 Å². The number of halogens is 1. The number of carbonyl (C=O) groups excluding carboxylic acids is 1. The summed E-state index contributed by atoms with van der Waals surface area (Å²) in [5.41, 5.74) is 3.24. The Labute approximate surface area is 150 Å². The first-order valence-corrected chi connectivity index (χ1v) is 8.65. The van der Waals surface area contributed by atoms with Crippen molar-refractivity contribution in [1.29, 1.82) is 0 Å². The van der Waals surface area contributed by atoms with Crippen LogP contribution in [0.5, 0.6) is 0 Å². The highest BCUT2D eigenvalue weighted by Crippen LogP contribution is 2.38. The van der Waals surface area contributed by atoms with Gasteiger partial charge in [0, 0.05) is 10.7 Å². The molecular weight excluding hydrogens is 366 g/mol. The van der Waals surface area contributed by atoms with E-state index in [0.717, 1.165) is 21.2 Å². The van der Waals surface area contributed by atoms with Crippen molar-refractivity contribution in [3.8, 4) is 0 Å². The second kappa shape index (κ2) is 7.49. The third-order valence-corrected chi connectivity index (χ3v) is 4.47. The number of hydrogen-bond donors (Lipinski definition) is 0. The fourth-order valence-corrected chi connectivity index (χ4v) is 3.30. The molecule has 0 aliphatic carbocycles. The number of carbonyl (C=O) groups is 1. The average molecular weight is 384 g/mol. The van der Waals surface area contributed by atoms with E-state index >= 15 is 0 Å². The lowest BCUT2D eigenvalue weighted by atomic mass is 9.95. The van der Waals surface area contributed by atoms with Crippen LogP contribution in [-0.4, -0.2) is 17.6 Å². The summed E-state index contributed by atoms with van der Waals surface area (Å²) in [5.74, 6) is 0. The topological polar surface area (TPSA) is 29.5 Å². The summed E-state index contributed by atoms with van der Waals surface area (Å²) in [6.45, 7) is 2.15. The molecule has 122 valence electrons. The fraction of sp³-hybridized carbons (Fsp3) is 0.150. The van der Waals surface area contributed by atoms with Gasteiger partial charge in [-0.2, -0.15) is 0 Å². The van der Waals surface area contributed by atoms with Crippen molar-refractivity contribution in [2.45, 2.75) is 13.0 Å². The van der Waals surface area contributed by atoms with Crippen LogP contribution in [0, 0.1) is 0 Å². The molecule has 0 saturated carbocycles. The third kappa shape index (κ3) is 3.44. The van der Waals surface area contributed by atoms with Crippen LogP contribution in [0.3, 0.4) is 0 Å². The average Bonchev–Trinajstić information content (AvgIpc) is 2.62. The van der Waals surface area contributed by atoms with Crippen LogP contribution in [0.4, 0.5) is 4.79 Å². The molecule has 0 bridgehead atoms. The molecule has 1 amide bonds. The second-order valence-corrected chi connectivity index (χ2v) is 6.24. The maximum absolute atomic E-state index is 12.4. The Kier molecular flexibility index (Phi) is 5.16. The molecule has 4 heteroatoms. The Hall–Kier alpha value is -2.33. The predicted octanol–water partition coefficient (Wildman–Crippen LogP) is 5.61. The van der Waals surface area contributed by atoms with Crippen LogP contribution in [-0.2, 0) is 4.74 Å². The van der Waals surface area contributed by atoms with Crippen molar-refractivity contribution >= 4 is 32.6 Å². The van der Waals surface area contributed by atoms with Gasteiger partial charge >= 0.3 is 6.09 Å². The standard InChI is InChI=1S/C20H18BrNO2/c1-2-24-20(23)22-14-18(21)16-10-6-7-11-17(16)19(22)13-12-15-8-4-3-5-9-15/h3-14,19H,2H2,1H3/b13-12+. The monoisotopic (exact) mass is 383 g/mol. The van der Waals surface area contributed by atoms with Crippen LogP contribution < -0.4 is 0 Å². The van der Waals surface area contributed by atoms with E-state index < -0.39 is 0 Å². The normalized spacial score (nSPS) is 16.7. The lowest BCUT2D eigenvalue weighted by Gasteiger charge is -2.32. The van der Waals surface area contributed by atoms with Crippen LogP contribution in [0.15, 0.2) is 66.9 Å². The molecule has 0 N–H and O–H groups in total. The van der Waals surface area contributed by atoms with Crippen molar-refractivity contribution in [3.63, 3.8) is 0 Å². The number of ether oxygens (including phenoxy) is 1. The number of fused-ring (bicyclic) bond motifs is 1. The van der Waals surface area contributed by atoms with E-state index in [9.17, 15) is 4.79 Å². The van der Waals surface area contributed by atoms with Crippen LogP contribution in [0.2, 0.25) is 0 Å². The highest BCUT2D eigenvalue weighted by Gasteiger charge is 2.29. The van der Waals surface area contributed by atoms with Gasteiger partial charge in [-0.3, -0.25) is 4.90 Å². The lowest BCUT2D eigenvalue weighted by Crippen LogP contribution is -2.32. The first-order valence-electron chi connectivity index (χ1n) is 7.85. The smallest absolute Gasteiger partial charge is 0.414 e. The van der Waals surface area contributed by atoms with Gasteiger partial charge in [0.2, 0.25) is 0 Å². The first kappa shape index (κ1) is 16.5. The summed E-state index contributed by atoms with van der Waals surface area (Å²) in [5, 5.41) is 0. The first-order chi connectivity index (χ1) is 11.7. The zero-order valence-electron chi connectivity index (χ0n) is 13.4. The predicted molar refractivity (Wildman–Crippen MR) is 100 cm³/mol. The molecule has 1 atom stereocenters. The van der Waals surface area contributed by atoms with Crippen molar-refractivity contribution in [1.82, 2.24) is 4.90 Å².